The molecule has 0 heterocycles. The largest absolute Gasteiger partial charge is 0.464 e. The van der Waals surface area contributed by atoms with Crippen LogP contribution in [0, 0.1) is 29.1 Å². The lowest BCUT2D eigenvalue weighted by molar-refractivity contribution is -0.199. The maximum atomic E-state index is 6.70. The Morgan fingerprint density at radius 3 is 1.97 bits per heavy atom. The van der Waals surface area contributed by atoms with Crippen molar-refractivity contribution >= 4 is 0 Å². The first kappa shape index (κ1) is 30.2. The lowest BCUT2D eigenvalue weighted by Gasteiger charge is -2.52. The number of aryl methyl sites for hydroxylation is 1. The van der Waals surface area contributed by atoms with Gasteiger partial charge in [-0.2, -0.15) is 0 Å². The van der Waals surface area contributed by atoms with Crippen LogP contribution in [0.3, 0.4) is 0 Å². The molecule has 1 aromatic carbocycles. The van der Waals surface area contributed by atoms with E-state index in [9.17, 15) is 0 Å². The smallest absolute Gasteiger partial charge is 0.205 e. The minimum Gasteiger partial charge on any atom is -0.464 e. The number of hydrogen-bond acceptors (Lipinski definition) is 2. The van der Waals surface area contributed by atoms with Crippen molar-refractivity contribution in [2.45, 2.75) is 138 Å². The molecule has 3 fully saturated rings. The van der Waals surface area contributed by atoms with Gasteiger partial charge in [-0.25, -0.2) is 0 Å². The third-order valence-corrected chi connectivity index (χ3v) is 8.27. The van der Waals surface area contributed by atoms with Crippen LogP contribution in [-0.4, -0.2) is 12.9 Å². The highest BCUT2D eigenvalue weighted by Gasteiger charge is 2.50. The van der Waals surface area contributed by atoms with Crippen LogP contribution in [0.1, 0.15) is 131 Å². The number of ether oxygens (including phenoxy) is 2. The van der Waals surface area contributed by atoms with Gasteiger partial charge in [0.15, 0.2) is 0 Å². The molecule has 3 aliphatic carbocycles. The molecule has 3 saturated carbocycles. The fourth-order valence-electron chi connectivity index (χ4n) is 7.15. The fourth-order valence-corrected chi connectivity index (χ4v) is 7.15. The number of benzene rings is 1. The first-order valence-corrected chi connectivity index (χ1v) is 15.3. The van der Waals surface area contributed by atoms with Gasteiger partial charge in [-0.3, -0.25) is 0 Å². The molecule has 1 aromatic rings. The van der Waals surface area contributed by atoms with E-state index >= 15 is 0 Å². The van der Waals surface area contributed by atoms with Crippen molar-refractivity contribution in [3.63, 3.8) is 0 Å². The standard InChI is InChI=1S/C28H44O2.C3H8.C2H6/c1-4-23-10-12-26(13-11-23)30-27(29-15-14-24-8-6-5-7-9-24)28-18-21(2)16-25(20-28)17-22(3)19-28;1-3-2;1-2/h10-13,21-22,24-25,27H,4-9,14-20H2,1-3H3;3H2,1-2H3;1-2H3. The Kier molecular flexibility index (Phi) is 13.8. The molecule has 35 heavy (non-hydrogen) atoms. The maximum Gasteiger partial charge on any atom is 0.205 e. The summed E-state index contributed by atoms with van der Waals surface area (Å²) < 4.78 is 13.4. The van der Waals surface area contributed by atoms with Crippen molar-refractivity contribution in [2.75, 3.05) is 6.61 Å². The van der Waals surface area contributed by atoms with Gasteiger partial charge in [0.2, 0.25) is 6.29 Å². The Hall–Kier alpha value is -1.02. The fraction of sp³-hybridized carbons (Fsp3) is 0.818. The molecule has 2 bridgehead atoms. The molecule has 0 aromatic heterocycles. The first-order valence-electron chi connectivity index (χ1n) is 15.3. The number of rotatable bonds is 8. The Morgan fingerprint density at radius 1 is 0.857 bits per heavy atom. The Labute approximate surface area is 219 Å². The lowest BCUT2D eigenvalue weighted by Crippen LogP contribution is -2.50. The number of fused-ring (bicyclic) bond motifs is 2. The third-order valence-electron chi connectivity index (χ3n) is 8.27. The highest BCUT2D eigenvalue weighted by Crippen LogP contribution is 2.55. The van der Waals surface area contributed by atoms with Crippen LogP contribution in [-0.2, 0) is 11.2 Å². The van der Waals surface area contributed by atoms with Gasteiger partial charge in [0.05, 0.1) is 6.61 Å². The van der Waals surface area contributed by atoms with E-state index in [1.807, 2.05) is 13.8 Å². The summed E-state index contributed by atoms with van der Waals surface area (Å²) >= 11 is 0. The SMILES string of the molecule is CC.CCC.CCc1ccc(OC(OCCC2CCCCC2)C23CC(C)CC(CC(C)C2)C3)cc1. The lowest BCUT2D eigenvalue weighted by atomic mass is 9.56. The molecular formula is C33H58O2. The minimum atomic E-state index is -0.0958. The summed E-state index contributed by atoms with van der Waals surface area (Å²) in [5.41, 5.74) is 1.56. The number of hydrogen-bond donors (Lipinski definition) is 0. The topological polar surface area (TPSA) is 18.5 Å². The molecule has 2 heteroatoms. The normalized spacial score (nSPS) is 29.2. The molecule has 0 N–H and O–H groups in total. The molecule has 2 nitrogen and oxygen atoms in total. The van der Waals surface area contributed by atoms with Crippen LogP contribution in [0.2, 0.25) is 0 Å². The van der Waals surface area contributed by atoms with Crippen molar-refractivity contribution in [3.8, 4) is 5.75 Å². The molecular weight excluding hydrogens is 428 g/mol. The summed E-state index contributed by atoms with van der Waals surface area (Å²) in [4.78, 5) is 0. The van der Waals surface area contributed by atoms with Crippen LogP contribution in [0.15, 0.2) is 24.3 Å². The van der Waals surface area contributed by atoms with Crippen molar-refractivity contribution in [2.24, 2.45) is 29.1 Å². The summed E-state index contributed by atoms with van der Waals surface area (Å²) in [6.45, 7) is 16.2. The zero-order chi connectivity index (χ0) is 25.7. The van der Waals surface area contributed by atoms with Crippen LogP contribution in [0.5, 0.6) is 5.75 Å². The summed E-state index contributed by atoms with van der Waals surface area (Å²) in [6, 6.07) is 8.73. The van der Waals surface area contributed by atoms with E-state index in [4.69, 9.17) is 9.47 Å². The average molecular weight is 487 g/mol. The zero-order valence-corrected chi connectivity index (χ0v) is 24.4. The van der Waals surface area contributed by atoms with E-state index in [0.717, 1.165) is 42.4 Å². The first-order chi connectivity index (χ1) is 17.0. The summed E-state index contributed by atoms with van der Waals surface area (Å²) in [6.07, 6.45) is 17.1. The van der Waals surface area contributed by atoms with Gasteiger partial charge in [0, 0.05) is 5.41 Å². The quantitative estimate of drug-likeness (QED) is 0.340. The van der Waals surface area contributed by atoms with Crippen LogP contribution >= 0.6 is 0 Å². The molecule has 3 atom stereocenters. The molecule has 0 radical (unpaired) electrons. The van der Waals surface area contributed by atoms with Gasteiger partial charge in [-0.05, 0) is 86.3 Å². The molecule has 3 unspecified atom stereocenters. The van der Waals surface area contributed by atoms with Gasteiger partial charge in [0.1, 0.15) is 5.75 Å². The summed E-state index contributed by atoms with van der Waals surface area (Å²) in [5, 5.41) is 0. The maximum absolute atomic E-state index is 6.70. The second-order valence-electron chi connectivity index (χ2n) is 11.8. The van der Waals surface area contributed by atoms with Crippen molar-refractivity contribution in [1.29, 1.82) is 0 Å². The van der Waals surface area contributed by atoms with E-state index in [1.54, 1.807) is 0 Å². The van der Waals surface area contributed by atoms with Gasteiger partial charge in [-0.1, -0.05) is 99.1 Å². The van der Waals surface area contributed by atoms with E-state index in [1.165, 1.54) is 82.6 Å². The van der Waals surface area contributed by atoms with Crippen LogP contribution in [0.25, 0.3) is 0 Å². The predicted octanol–water partition coefficient (Wildman–Crippen LogP) is 10.2. The van der Waals surface area contributed by atoms with E-state index in [0.29, 0.717) is 0 Å². The van der Waals surface area contributed by atoms with Gasteiger partial charge in [0.25, 0.3) is 0 Å². The second kappa shape index (κ2) is 16.0. The van der Waals surface area contributed by atoms with Gasteiger partial charge >= 0.3 is 0 Å². The Balaban J connectivity index is 0.000000803. The summed E-state index contributed by atoms with van der Waals surface area (Å²) in [5.74, 6) is 4.27. The highest BCUT2D eigenvalue weighted by molar-refractivity contribution is 5.27. The van der Waals surface area contributed by atoms with Gasteiger partial charge in [-0.15, -0.1) is 0 Å². The Bertz CT molecular complexity index is 641. The van der Waals surface area contributed by atoms with Crippen molar-refractivity contribution in [1.82, 2.24) is 0 Å². The zero-order valence-electron chi connectivity index (χ0n) is 24.4. The van der Waals surface area contributed by atoms with Crippen molar-refractivity contribution < 1.29 is 9.47 Å². The van der Waals surface area contributed by atoms with Crippen LogP contribution in [0.4, 0.5) is 0 Å². The monoisotopic (exact) mass is 486 g/mol. The van der Waals surface area contributed by atoms with E-state index in [-0.39, 0.29) is 11.7 Å². The predicted molar refractivity (Wildman–Crippen MR) is 152 cm³/mol. The Morgan fingerprint density at radius 2 is 1.43 bits per heavy atom. The molecule has 0 aliphatic heterocycles. The molecule has 0 spiro atoms. The van der Waals surface area contributed by atoms with Crippen molar-refractivity contribution in [3.05, 3.63) is 29.8 Å². The van der Waals surface area contributed by atoms with E-state index < -0.39 is 0 Å². The molecule has 202 valence electrons. The molecule has 4 rings (SSSR count). The highest BCUT2D eigenvalue weighted by atomic mass is 16.7. The minimum absolute atomic E-state index is 0.0958. The summed E-state index contributed by atoms with van der Waals surface area (Å²) in [7, 11) is 0. The van der Waals surface area contributed by atoms with Crippen LogP contribution < -0.4 is 4.74 Å². The molecule has 3 aliphatic rings. The molecule has 0 saturated heterocycles. The molecule has 0 amide bonds. The third kappa shape index (κ3) is 9.42. The van der Waals surface area contributed by atoms with Gasteiger partial charge < -0.3 is 9.47 Å². The average Bonchev–Trinajstić information content (AvgIpc) is 2.85. The second-order valence-corrected chi connectivity index (χ2v) is 11.8. The van der Waals surface area contributed by atoms with E-state index in [2.05, 4.69) is 58.9 Å².